The van der Waals surface area contributed by atoms with Crippen LogP contribution in [0.2, 0.25) is 0 Å². The normalized spacial score (nSPS) is 12.1. The summed E-state index contributed by atoms with van der Waals surface area (Å²) >= 11 is 0. The van der Waals surface area contributed by atoms with Gasteiger partial charge in [0, 0.05) is 24.5 Å². The topological polar surface area (TPSA) is 89.1 Å². The van der Waals surface area contributed by atoms with Gasteiger partial charge in [-0.05, 0) is 55.0 Å². The predicted molar refractivity (Wildman–Crippen MR) is 123 cm³/mol. The molecule has 3 aromatic rings. The average Bonchev–Trinajstić information content (AvgIpc) is 2.88. The number of urea groups is 1. The molecule has 8 heteroatoms. The van der Waals surface area contributed by atoms with Crippen molar-refractivity contribution in [1.82, 2.24) is 0 Å². The van der Waals surface area contributed by atoms with Gasteiger partial charge in [0.15, 0.2) is 17.2 Å². The molecule has 0 atom stereocenters. The monoisotopic (exact) mass is 433 g/mol. The van der Waals surface area contributed by atoms with Gasteiger partial charge in [-0.2, -0.15) is 0 Å². The Kier molecular flexibility index (Phi) is 5.59. The highest BCUT2D eigenvalue weighted by molar-refractivity contribution is 6.10. The van der Waals surface area contributed by atoms with Crippen molar-refractivity contribution >= 4 is 29.0 Å². The number of ether oxygens (including phenoxy) is 3. The van der Waals surface area contributed by atoms with Crippen molar-refractivity contribution in [3.05, 3.63) is 65.7 Å². The molecule has 0 saturated heterocycles. The van der Waals surface area contributed by atoms with E-state index >= 15 is 0 Å². The number of hydrogen-bond acceptors (Lipinski definition) is 5. The fourth-order valence-corrected chi connectivity index (χ4v) is 3.46. The fourth-order valence-electron chi connectivity index (χ4n) is 3.46. The minimum absolute atomic E-state index is 0.228. The Morgan fingerprint density at radius 1 is 0.875 bits per heavy atom. The maximum Gasteiger partial charge on any atom is 0.323 e. The number of rotatable bonds is 4. The minimum atomic E-state index is -0.466. The maximum absolute atomic E-state index is 13.1. The summed E-state index contributed by atoms with van der Waals surface area (Å²) in [5, 5.41) is 5.48. The summed E-state index contributed by atoms with van der Waals surface area (Å²) in [7, 11) is 4.76. The number of fused-ring (bicyclic) bond motifs is 2. The molecule has 0 unspecified atom stereocenters. The lowest BCUT2D eigenvalue weighted by Gasteiger charge is -2.17. The van der Waals surface area contributed by atoms with Crippen LogP contribution < -0.4 is 29.7 Å². The van der Waals surface area contributed by atoms with Crippen LogP contribution in [0.5, 0.6) is 23.0 Å². The summed E-state index contributed by atoms with van der Waals surface area (Å²) < 4.78 is 16.4. The molecule has 2 N–H and O–H groups in total. The Morgan fingerprint density at radius 2 is 1.53 bits per heavy atom. The van der Waals surface area contributed by atoms with Crippen molar-refractivity contribution in [3.8, 4) is 23.0 Å². The Bertz CT molecular complexity index is 1210. The number of carbonyl (C=O) groups is 2. The molecule has 3 amide bonds. The van der Waals surface area contributed by atoms with Crippen LogP contribution in [0.1, 0.15) is 15.9 Å². The number of amides is 3. The van der Waals surface area contributed by atoms with Gasteiger partial charge >= 0.3 is 6.03 Å². The molecule has 0 spiro atoms. The first-order valence-electron chi connectivity index (χ1n) is 9.90. The van der Waals surface area contributed by atoms with Crippen LogP contribution in [0.15, 0.2) is 54.6 Å². The van der Waals surface area contributed by atoms with E-state index in [-0.39, 0.29) is 5.91 Å². The van der Waals surface area contributed by atoms with E-state index in [1.165, 1.54) is 14.2 Å². The highest BCUT2D eigenvalue weighted by Gasteiger charge is 2.26. The molecule has 0 radical (unpaired) electrons. The van der Waals surface area contributed by atoms with Crippen molar-refractivity contribution in [2.24, 2.45) is 0 Å². The fraction of sp³-hybridized carbons (Fsp3) is 0.167. The smallest absolute Gasteiger partial charge is 0.323 e. The molecule has 0 aromatic heterocycles. The third-order valence-electron chi connectivity index (χ3n) is 5.11. The maximum atomic E-state index is 13.1. The van der Waals surface area contributed by atoms with E-state index in [2.05, 4.69) is 10.6 Å². The Balaban J connectivity index is 1.54. The summed E-state index contributed by atoms with van der Waals surface area (Å²) in [5.41, 5.74) is 3.04. The SMILES string of the molecule is COc1ccc(NC(=O)Nc2ccc3c(c2)C(=O)N(C)c2cc(C)ccc2O3)cc1OC. The number of benzene rings is 3. The van der Waals surface area contributed by atoms with Crippen molar-refractivity contribution < 1.29 is 23.8 Å². The van der Waals surface area contributed by atoms with Gasteiger partial charge in [-0.1, -0.05) is 6.07 Å². The van der Waals surface area contributed by atoms with Crippen LogP contribution in [-0.4, -0.2) is 33.2 Å². The van der Waals surface area contributed by atoms with Crippen molar-refractivity contribution in [2.45, 2.75) is 6.92 Å². The summed E-state index contributed by atoms with van der Waals surface area (Å²) in [5.74, 6) is 1.85. The van der Waals surface area contributed by atoms with Crippen LogP contribution in [0.25, 0.3) is 0 Å². The standard InChI is InChI=1S/C24H23N3O5/c1-14-5-8-20-18(11-14)27(2)23(28)17-12-15(6-9-19(17)32-20)25-24(29)26-16-7-10-21(30-3)22(13-16)31-4/h5-13H,1-4H3,(H2,25,26,29). The first-order chi connectivity index (χ1) is 15.4. The molecule has 1 aliphatic rings. The molecular weight excluding hydrogens is 410 g/mol. The average molecular weight is 433 g/mol. The van der Waals surface area contributed by atoms with Gasteiger partial charge in [-0.25, -0.2) is 4.79 Å². The first-order valence-corrected chi connectivity index (χ1v) is 9.90. The van der Waals surface area contributed by atoms with Crippen LogP contribution in [0.3, 0.4) is 0 Å². The molecule has 32 heavy (non-hydrogen) atoms. The second-order valence-electron chi connectivity index (χ2n) is 7.30. The van der Waals surface area contributed by atoms with Gasteiger partial charge in [0.25, 0.3) is 5.91 Å². The molecule has 0 saturated carbocycles. The number of nitrogens with one attached hydrogen (secondary N) is 2. The highest BCUT2D eigenvalue weighted by atomic mass is 16.5. The third kappa shape index (κ3) is 4.02. The third-order valence-corrected chi connectivity index (χ3v) is 5.11. The van der Waals surface area contributed by atoms with E-state index in [1.54, 1.807) is 48.3 Å². The molecule has 0 aliphatic carbocycles. The van der Waals surface area contributed by atoms with Gasteiger partial charge in [0.2, 0.25) is 0 Å². The van der Waals surface area contributed by atoms with Crippen molar-refractivity contribution in [3.63, 3.8) is 0 Å². The number of anilines is 3. The van der Waals surface area contributed by atoms with Crippen LogP contribution in [-0.2, 0) is 0 Å². The Hall–Kier alpha value is -4.20. The first kappa shape index (κ1) is 21.0. The predicted octanol–water partition coefficient (Wildman–Crippen LogP) is 5.04. The quantitative estimate of drug-likeness (QED) is 0.602. The highest BCUT2D eigenvalue weighted by Crippen LogP contribution is 2.39. The zero-order valence-corrected chi connectivity index (χ0v) is 18.2. The second-order valence-corrected chi connectivity index (χ2v) is 7.30. The minimum Gasteiger partial charge on any atom is -0.493 e. The molecule has 0 bridgehead atoms. The van der Waals surface area contributed by atoms with Gasteiger partial charge in [0.05, 0.1) is 25.5 Å². The van der Waals surface area contributed by atoms with Crippen molar-refractivity contribution in [1.29, 1.82) is 0 Å². The Labute approximate surface area is 185 Å². The number of aryl methyl sites for hydroxylation is 1. The van der Waals surface area contributed by atoms with Crippen LogP contribution in [0.4, 0.5) is 21.9 Å². The lowest BCUT2D eigenvalue weighted by molar-refractivity contribution is 0.0993. The van der Waals surface area contributed by atoms with Crippen LogP contribution in [0, 0.1) is 6.92 Å². The summed E-state index contributed by atoms with van der Waals surface area (Å²) in [6.07, 6.45) is 0. The van der Waals surface area contributed by atoms with Gasteiger partial charge < -0.3 is 29.7 Å². The van der Waals surface area contributed by atoms with E-state index in [0.717, 1.165) is 5.56 Å². The van der Waals surface area contributed by atoms with E-state index in [9.17, 15) is 9.59 Å². The molecule has 8 nitrogen and oxygen atoms in total. The number of methoxy groups -OCH3 is 2. The van der Waals surface area contributed by atoms with E-state index in [4.69, 9.17) is 14.2 Å². The molecular formula is C24H23N3O5. The van der Waals surface area contributed by atoms with E-state index < -0.39 is 6.03 Å². The van der Waals surface area contributed by atoms with E-state index in [1.807, 2.05) is 25.1 Å². The summed E-state index contributed by atoms with van der Waals surface area (Å²) in [4.78, 5) is 27.1. The van der Waals surface area contributed by atoms with Gasteiger partial charge in [-0.3, -0.25) is 4.79 Å². The molecule has 4 rings (SSSR count). The largest absolute Gasteiger partial charge is 0.493 e. The molecule has 164 valence electrons. The molecule has 0 fully saturated rings. The number of nitrogens with zero attached hydrogens (tertiary/aromatic N) is 1. The second kappa shape index (κ2) is 8.50. The number of hydrogen-bond donors (Lipinski definition) is 2. The lowest BCUT2D eigenvalue weighted by atomic mass is 10.1. The van der Waals surface area contributed by atoms with Crippen LogP contribution >= 0.6 is 0 Å². The summed E-state index contributed by atoms with van der Waals surface area (Å²) in [6.45, 7) is 1.95. The molecule has 3 aromatic carbocycles. The molecule has 1 aliphatic heterocycles. The molecule has 1 heterocycles. The zero-order valence-electron chi connectivity index (χ0n) is 18.2. The summed E-state index contributed by atoms with van der Waals surface area (Å²) in [6, 6.07) is 15.2. The van der Waals surface area contributed by atoms with Gasteiger partial charge in [0.1, 0.15) is 5.75 Å². The van der Waals surface area contributed by atoms with E-state index in [0.29, 0.717) is 45.6 Å². The zero-order chi connectivity index (χ0) is 22.8. The van der Waals surface area contributed by atoms with Gasteiger partial charge in [-0.15, -0.1) is 0 Å². The van der Waals surface area contributed by atoms with Crippen molar-refractivity contribution in [2.75, 3.05) is 36.8 Å². The number of carbonyl (C=O) groups excluding carboxylic acids is 2. The Morgan fingerprint density at radius 3 is 2.25 bits per heavy atom. The lowest BCUT2D eigenvalue weighted by Crippen LogP contribution is -2.25.